The zero-order valence-corrected chi connectivity index (χ0v) is 12.7. The Kier molecular flexibility index (Phi) is 3.64. The van der Waals surface area contributed by atoms with Crippen molar-refractivity contribution in [1.29, 1.82) is 0 Å². The van der Waals surface area contributed by atoms with Crippen LogP contribution in [0.5, 0.6) is 0 Å². The van der Waals surface area contributed by atoms with Gasteiger partial charge in [-0.05, 0) is 55.4 Å². The third-order valence-electron chi connectivity index (χ3n) is 4.84. The summed E-state index contributed by atoms with van der Waals surface area (Å²) in [7, 11) is 0. The molecule has 3 rings (SSSR count). The van der Waals surface area contributed by atoms with Crippen molar-refractivity contribution in [3.8, 4) is 0 Å². The average Bonchev–Trinajstić information content (AvgIpc) is 2.46. The van der Waals surface area contributed by atoms with Gasteiger partial charge in [-0.1, -0.05) is 26.3 Å². The van der Waals surface area contributed by atoms with Crippen molar-refractivity contribution in [3.05, 3.63) is 36.0 Å². The summed E-state index contributed by atoms with van der Waals surface area (Å²) in [4.78, 5) is 4.53. The lowest BCUT2D eigenvalue weighted by molar-refractivity contribution is 0.268. The number of benzene rings is 1. The second-order valence-electron chi connectivity index (χ2n) is 6.39. The zero-order valence-electron chi connectivity index (χ0n) is 12.7. The van der Waals surface area contributed by atoms with Crippen LogP contribution in [0.4, 0.5) is 5.69 Å². The highest BCUT2D eigenvalue weighted by Gasteiger charge is 2.27. The first-order valence-electron chi connectivity index (χ1n) is 7.77. The van der Waals surface area contributed by atoms with Crippen LogP contribution < -0.4 is 5.32 Å². The van der Waals surface area contributed by atoms with Crippen molar-refractivity contribution in [2.24, 2.45) is 11.8 Å². The minimum absolute atomic E-state index is 0.579. The Hall–Kier alpha value is -1.57. The van der Waals surface area contributed by atoms with Crippen LogP contribution in [0.25, 0.3) is 10.9 Å². The fourth-order valence-electron chi connectivity index (χ4n) is 3.59. The summed E-state index contributed by atoms with van der Waals surface area (Å²) in [5, 5.41) is 5.06. The van der Waals surface area contributed by atoms with Crippen LogP contribution in [0.3, 0.4) is 0 Å². The van der Waals surface area contributed by atoms with Crippen molar-refractivity contribution in [1.82, 2.24) is 4.98 Å². The SMILES string of the molecule is Cc1ccc(NC2C(C)CCCC2C)c2cccnc12. The summed E-state index contributed by atoms with van der Waals surface area (Å²) in [5.74, 6) is 1.48. The van der Waals surface area contributed by atoms with Crippen LogP contribution in [-0.4, -0.2) is 11.0 Å². The molecular formula is C18H24N2. The normalized spacial score (nSPS) is 26.6. The fourth-order valence-corrected chi connectivity index (χ4v) is 3.59. The number of fused-ring (bicyclic) bond motifs is 1. The number of nitrogens with one attached hydrogen (secondary N) is 1. The predicted molar refractivity (Wildman–Crippen MR) is 86.1 cm³/mol. The van der Waals surface area contributed by atoms with Gasteiger partial charge in [-0.25, -0.2) is 0 Å². The molecule has 1 heterocycles. The van der Waals surface area contributed by atoms with Gasteiger partial charge in [0.15, 0.2) is 0 Å². The summed E-state index contributed by atoms with van der Waals surface area (Å²) in [6, 6.07) is 9.18. The van der Waals surface area contributed by atoms with Crippen molar-refractivity contribution in [3.63, 3.8) is 0 Å². The molecule has 0 aliphatic heterocycles. The summed E-state index contributed by atoms with van der Waals surface area (Å²) < 4.78 is 0. The summed E-state index contributed by atoms with van der Waals surface area (Å²) in [6.07, 6.45) is 5.93. The first-order valence-corrected chi connectivity index (χ1v) is 7.77. The molecule has 2 unspecified atom stereocenters. The molecule has 0 spiro atoms. The highest BCUT2D eigenvalue weighted by molar-refractivity contribution is 5.93. The number of hydrogen-bond acceptors (Lipinski definition) is 2. The Bertz CT molecular complexity index is 595. The first kappa shape index (κ1) is 13.4. The van der Waals surface area contributed by atoms with Gasteiger partial charge in [0.2, 0.25) is 0 Å². The smallest absolute Gasteiger partial charge is 0.0751 e. The van der Waals surface area contributed by atoms with Gasteiger partial charge in [0.25, 0.3) is 0 Å². The number of aryl methyl sites for hydroxylation is 1. The average molecular weight is 268 g/mol. The number of anilines is 1. The van der Waals surface area contributed by atoms with E-state index in [0.29, 0.717) is 6.04 Å². The van der Waals surface area contributed by atoms with Crippen LogP contribution in [0, 0.1) is 18.8 Å². The van der Waals surface area contributed by atoms with E-state index in [9.17, 15) is 0 Å². The molecule has 2 nitrogen and oxygen atoms in total. The third-order valence-corrected chi connectivity index (χ3v) is 4.84. The van der Waals surface area contributed by atoms with Gasteiger partial charge in [-0.15, -0.1) is 0 Å². The molecule has 1 fully saturated rings. The quantitative estimate of drug-likeness (QED) is 0.847. The van der Waals surface area contributed by atoms with Crippen LogP contribution in [0.15, 0.2) is 30.5 Å². The van der Waals surface area contributed by atoms with E-state index in [1.54, 1.807) is 0 Å². The van der Waals surface area contributed by atoms with Gasteiger partial charge in [-0.3, -0.25) is 4.98 Å². The molecule has 20 heavy (non-hydrogen) atoms. The largest absolute Gasteiger partial charge is 0.381 e. The lowest BCUT2D eigenvalue weighted by Crippen LogP contribution is -2.37. The minimum Gasteiger partial charge on any atom is -0.381 e. The molecule has 0 saturated heterocycles. The van der Waals surface area contributed by atoms with E-state index in [4.69, 9.17) is 0 Å². The standard InChI is InChI=1S/C18H24N2/c1-12-6-4-7-13(2)17(12)20-16-10-9-14(3)18-15(16)8-5-11-19-18/h5,8-13,17,20H,4,6-7H2,1-3H3. The zero-order chi connectivity index (χ0) is 14.1. The molecule has 2 aromatic rings. The Morgan fingerprint density at radius 2 is 1.85 bits per heavy atom. The Morgan fingerprint density at radius 1 is 1.10 bits per heavy atom. The topological polar surface area (TPSA) is 24.9 Å². The van der Waals surface area contributed by atoms with Crippen molar-refractivity contribution < 1.29 is 0 Å². The summed E-state index contributed by atoms with van der Waals surface area (Å²) >= 11 is 0. The molecule has 1 aromatic heterocycles. The van der Waals surface area contributed by atoms with Crippen molar-refractivity contribution >= 4 is 16.6 Å². The number of nitrogens with zero attached hydrogens (tertiary/aromatic N) is 1. The highest BCUT2D eigenvalue weighted by Crippen LogP contribution is 2.33. The van der Waals surface area contributed by atoms with E-state index < -0.39 is 0 Å². The van der Waals surface area contributed by atoms with E-state index in [1.807, 2.05) is 12.3 Å². The van der Waals surface area contributed by atoms with Gasteiger partial charge in [0.1, 0.15) is 0 Å². The molecule has 0 amide bonds. The molecule has 1 aromatic carbocycles. The molecule has 2 atom stereocenters. The summed E-state index contributed by atoms with van der Waals surface area (Å²) in [5.41, 5.74) is 3.61. The molecule has 0 radical (unpaired) electrons. The van der Waals surface area contributed by atoms with Crippen LogP contribution >= 0.6 is 0 Å². The van der Waals surface area contributed by atoms with Crippen molar-refractivity contribution in [2.75, 3.05) is 5.32 Å². The number of hydrogen-bond donors (Lipinski definition) is 1. The maximum atomic E-state index is 4.53. The van der Waals surface area contributed by atoms with Gasteiger partial charge in [0.05, 0.1) is 5.52 Å². The van der Waals surface area contributed by atoms with Crippen LogP contribution in [-0.2, 0) is 0 Å². The molecule has 2 heteroatoms. The van der Waals surface area contributed by atoms with E-state index in [-0.39, 0.29) is 0 Å². The molecule has 106 valence electrons. The Morgan fingerprint density at radius 3 is 2.60 bits per heavy atom. The highest BCUT2D eigenvalue weighted by atomic mass is 14.9. The number of pyridine rings is 1. The van der Waals surface area contributed by atoms with Gasteiger partial charge < -0.3 is 5.32 Å². The molecule has 0 bridgehead atoms. The predicted octanol–water partition coefficient (Wildman–Crippen LogP) is 4.78. The van der Waals surface area contributed by atoms with Gasteiger partial charge in [-0.2, -0.15) is 0 Å². The summed E-state index contributed by atoms with van der Waals surface area (Å²) in [6.45, 7) is 6.88. The number of rotatable bonds is 2. The van der Waals surface area contributed by atoms with E-state index >= 15 is 0 Å². The maximum absolute atomic E-state index is 4.53. The molecule has 1 saturated carbocycles. The Labute approximate surface area is 121 Å². The van der Waals surface area contributed by atoms with Gasteiger partial charge in [0, 0.05) is 23.3 Å². The minimum atomic E-state index is 0.579. The van der Waals surface area contributed by atoms with Crippen LogP contribution in [0.2, 0.25) is 0 Å². The molecule has 1 aliphatic carbocycles. The lowest BCUT2D eigenvalue weighted by Gasteiger charge is -2.36. The van der Waals surface area contributed by atoms with E-state index in [2.05, 4.69) is 49.3 Å². The van der Waals surface area contributed by atoms with Gasteiger partial charge >= 0.3 is 0 Å². The maximum Gasteiger partial charge on any atom is 0.0751 e. The fraction of sp³-hybridized carbons (Fsp3) is 0.500. The second kappa shape index (κ2) is 5.43. The molecule has 1 N–H and O–H groups in total. The van der Waals surface area contributed by atoms with E-state index in [0.717, 1.165) is 17.4 Å². The van der Waals surface area contributed by atoms with Crippen LogP contribution in [0.1, 0.15) is 38.7 Å². The molecular weight excluding hydrogens is 244 g/mol. The number of aromatic nitrogens is 1. The van der Waals surface area contributed by atoms with Crippen molar-refractivity contribution in [2.45, 2.75) is 46.1 Å². The monoisotopic (exact) mass is 268 g/mol. The first-order chi connectivity index (χ1) is 9.66. The Balaban J connectivity index is 1.96. The lowest BCUT2D eigenvalue weighted by atomic mass is 9.78. The van der Waals surface area contributed by atoms with E-state index in [1.165, 1.54) is 35.9 Å². The third kappa shape index (κ3) is 2.39. The molecule has 1 aliphatic rings. The second-order valence-corrected chi connectivity index (χ2v) is 6.39.